The molecule has 0 spiro atoms. The van der Waals surface area contributed by atoms with Crippen molar-refractivity contribution in [3.05, 3.63) is 23.4 Å². The van der Waals surface area contributed by atoms with Crippen molar-refractivity contribution in [3.63, 3.8) is 0 Å². The lowest BCUT2D eigenvalue weighted by Crippen LogP contribution is -2.15. The lowest BCUT2D eigenvalue weighted by molar-refractivity contribution is -0.117. The minimum absolute atomic E-state index is 0.0746. The summed E-state index contributed by atoms with van der Waals surface area (Å²) in [7, 11) is 0. The predicted molar refractivity (Wildman–Crippen MR) is 57.3 cm³/mol. The second-order valence-electron chi connectivity index (χ2n) is 3.95. The summed E-state index contributed by atoms with van der Waals surface area (Å²) in [5.41, 5.74) is 0.713. The number of carboxylic acid groups (broad SMARTS) is 1. The Bertz CT molecular complexity index is 453. The third-order valence-electron chi connectivity index (χ3n) is 2.40. The number of aromatic carboxylic acids is 1. The Balaban J connectivity index is 2.19. The molecule has 84 valence electrons. The van der Waals surface area contributed by atoms with Gasteiger partial charge in [-0.25, -0.2) is 9.78 Å². The standard InChI is InChI=1S/C11H12N2O3/c1-6-4-8(11(15)16)5-9(12-6)13-10(14)7-2-3-7/h4-5,7H,2-3H2,1H3,(H,15,16)(H,12,13,14). The average molecular weight is 220 g/mol. The number of pyridine rings is 1. The minimum atomic E-state index is -1.02. The largest absolute Gasteiger partial charge is 0.478 e. The van der Waals surface area contributed by atoms with Gasteiger partial charge in [-0.15, -0.1) is 0 Å². The zero-order valence-electron chi connectivity index (χ0n) is 8.86. The molecule has 5 heteroatoms. The molecular formula is C11H12N2O3. The average Bonchev–Trinajstić information content (AvgIpc) is 2.99. The van der Waals surface area contributed by atoms with Crippen LogP contribution in [-0.4, -0.2) is 22.0 Å². The van der Waals surface area contributed by atoms with Crippen LogP contribution in [0.1, 0.15) is 28.9 Å². The van der Waals surface area contributed by atoms with Crippen LogP contribution in [0.3, 0.4) is 0 Å². The molecule has 1 aromatic heterocycles. The third kappa shape index (κ3) is 2.36. The van der Waals surface area contributed by atoms with Crippen LogP contribution < -0.4 is 5.32 Å². The summed E-state index contributed by atoms with van der Waals surface area (Å²) in [5, 5.41) is 11.5. The Morgan fingerprint density at radius 1 is 1.44 bits per heavy atom. The molecule has 0 saturated heterocycles. The fourth-order valence-corrected chi connectivity index (χ4v) is 1.43. The molecule has 1 aliphatic carbocycles. The van der Waals surface area contributed by atoms with E-state index >= 15 is 0 Å². The van der Waals surface area contributed by atoms with Crippen LogP contribution in [0.5, 0.6) is 0 Å². The number of aryl methyl sites for hydroxylation is 1. The van der Waals surface area contributed by atoms with Gasteiger partial charge in [0, 0.05) is 11.6 Å². The van der Waals surface area contributed by atoms with E-state index in [-0.39, 0.29) is 17.4 Å². The topological polar surface area (TPSA) is 79.3 Å². The van der Waals surface area contributed by atoms with Crippen LogP contribution in [-0.2, 0) is 4.79 Å². The summed E-state index contributed by atoms with van der Waals surface area (Å²) in [6, 6.07) is 2.84. The smallest absolute Gasteiger partial charge is 0.335 e. The van der Waals surface area contributed by atoms with Crippen LogP contribution >= 0.6 is 0 Å². The first kappa shape index (κ1) is 10.6. The number of hydrogen-bond acceptors (Lipinski definition) is 3. The zero-order chi connectivity index (χ0) is 11.7. The number of hydrogen-bond donors (Lipinski definition) is 2. The van der Waals surface area contributed by atoms with E-state index in [1.165, 1.54) is 12.1 Å². The Morgan fingerprint density at radius 3 is 2.69 bits per heavy atom. The molecule has 5 nitrogen and oxygen atoms in total. The highest BCUT2D eigenvalue weighted by molar-refractivity contribution is 5.95. The Hall–Kier alpha value is -1.91. The number of carbonyl (C=O) groups excluding carboxylic acids is 1. The second-order valence-corrected chi connectivity index (χ2v) is 3.95. The van der Waals surface area contributed by atoms with Gasteiger partial charge in [-0.3, -0.25) is 4.79 Å². The lowest BCUT2D eigenvalue weighted by Gasteiger charge is -2.05. The van der Waals surface area contributed by atoms with E-state index < -0.39 is 5.97 Å². The number of rotatable bonds is 3. The van der Waals surface area contributed by atoms with Gasteiger partial charge in [-0.2, -0.15) is 0 Å². The fourth-order valence-electron chi connectivity index (χ4n) is 1.43. The first-order valence-corrected chi connectivity index (χ1v) is 5.09. The number of aromatic nitrogens is 1. The summed E-state index contributed by atoms with van der Waals surface area (Å²) in [6.07, 6.45) is 1.81. The molecule has 1 aromatic rings. The molecule has 1 heterocycles. The van der Waals surface area contributed by atoms with Crippen LogP contribution in [0, 0.1) is 12.8 Å². The van der Waals surface area contributed by atoms with Crippen molar-refractivity contribution < 1.29 is 14.7 Å². The highest BCUT2D eigenvalue weighted by Crippen LogP contribution is 2.30. The van der Waals surface area contributed by atoms with Crippen molar-refractivity contribution in [1.29, 1.82) is 0 Å². The van der Waals surface area contributed by atoms with Crippen LogP contribution in [0.15, 0.2) is 12.1 Å². The second kappa shape index (κ2) is 3.92. The van der Waals surface area contributed by atoms with Gasteiger partial charge in [-0.05, 0) is 31.9 Å². The molecular weight excluding hydrogens is 208 g/mol. The maximum Gasteiger partial charge on any atom is 0.335 e. The SMILES string of the molecule is Cc1cc(C(=O)O)cc(NC(=O)C2CC2)n1. The number of carbonyl (C=O) groups is 2. The number of nitrogens with one attached hydrogen (secondary N) is 1. The van der Waals surface area contributed by atoms with E-state index in [1.54, 1.807) is 6.92 Å². The number of carboxylic acids is 1. The van der Waals surface area contributed by atoms with Crippen LogP contribution in [0.25, 0.3) is 0 Å². The monoisotopic (exact) mass is 220 g/mol. The first-order valence-electron chi connectivity index (χ1n) is 5.09. The summed E-state index contributed by atoms with van der Waals surface area (Å²) in [6.45, 7) is 1.69. The molecule has 2 N–H and O–H groups in total. The predicted octanol–water partition coefficient (Wildman–Crippen LogP) is 1.44. The number of anilines is 1. The van der Waals surface area contributed by atoms with Gasteiger partial charge < -0.3 is 10.4 Å². The lowest BCUT2D eigenvalue weighted by atomic mass is 10.2. The summed E-state index contributed by atoms with van der Waals surface area (Å²) < 4.78 is 0. The highest BCUT2D eigenvalue weighted by atomic mass is 16.4. The van der Waals surface area contributed by atoms with E-state index in [9.17, 15) is 9.59 Å². The number of amides is 1. The van der Waals surface area contributed by atoms with Gasteiger partial charge >= 0.3 is 5.97 Å². The molecule has 0 radical (unpaired) electrons. The van der Waals surface area contributed by atoms with Gasteiger partial charge in [0.15, 0.2) is 0 Å². The molecule has 0 unspecified atom stereocenters. The fraction of sp³-hybridized carbons (Fsp3) is 0.364. The van der Waals surface area contributed by atoms with Crippen LogP contribution in [0.2, 0.25) is 0 Å². The van der Waals surface area contributed by atoms with E-state index in [1.807, 2.05) is 0 Å². The van der Waals surface area contributed by atoms with Crippen molar-refractivity contribution in [1.82, 2.24) is 4.98 Å². The Morgan fingerprint density at radius 2 is 2.12 bits per heavy atom. The van der Waals surface area contributed by atoms with E-state index in [0.717, 1.165) is 12.8 Å². The van der Waals surface area contributed by atoms with E-state index in [0.29, 0.717) is 11.5 Å². The molecule has 1 aliphatic rings. The quantitative estimate of drug-likeness (QED) is 0.807. The minimum Gasteiger partial charge on any atom is -0.478 e. The van der Waals surface area contributed by atoms with Crippen molar-refractivity contribution in [2.45, 2.75) is 19.8 Å². The van der Waals surface area contributed by atoms with Gasteiger partial charge in [0.2, 0.25) is 5.91 Å². The molecule has 0 aliphatic heterocycles. The van der Waals surface area contributed by atoms with Crippen molar-refractivity contribution >= 4 is 17.7 Å². The highest BCUT2D eigenvalue weighted by Gasteiger charge is 2.29. The summed E-state index contributed by atoms with van der Waals surface area (Å²) in [5.74, 6) is -0.702. The maximum absolute atomic E-state index is 11.5. The molecule has 0 atom stereocenters. The van der Waals surface area contributed by atoms with Crippen molar-refractivity contribution in [3.8, 4) is 0 Å². The molecule has 16 heavy (non-hydrogen) atoms. The van der Waals surface area contributed by atoms with Crippen molar-refractivity contribution in [2.75, 3.05) is 5.32 Å². The van der Waals surface area contributed by atoms with E-state index in [4.69, 9.17) is 5.11 Å². The van der Waals surface area contributed by atoms with E-state index in [2.05, 4.69) is 10.3 Å². The molecule has 1 amide bonds. The van der Waals surface area contributed by atoms with Gasteiger partial charge in [0.25, 0.3) is 0 Å². The Kier molecular flexibility index (Phi) is 2.60. The Labute approximate surface area is 92.5 Å². The molecule has 0 bridgehead atoms. The zero-order valence-corrected chi connectivity index (χ0v) is 8.86. The van der Waals surface area contributed by atoms with Crippen LogP contribution in [0.4, 0.5) is 5.82 Å². The van der Waals surface area contributed by atoms with Gasteiger partial charge in [0.1, 0.15) is 5.82 Å². The molecule has 1 fully saturated rings. The maximum atomic E-state index is 11.5. The van der Waals surface area contributed by atoms with Gasteiger partial charge in [-0.1, -0.05) is 0 Å². The molecule has 2 rings (SSSR count). The summed E-state index contributed by atoms with van der Waals surface area (Å²) >= 11 is 0. The third-order valence-corrected chi connectivity index (χ3v) is 2.40. The first-order chi connectivity index (χ1) is 7.56. The molecule has 1 saturated carbocycles. The van der Waals surface area contributed by atoms with Gasteiger partial charge in [0.05, 0.1) is 5.56 Å². The summed E-state index contributed by atoms with van der Waals surface area (Å²) in [4.78, 5) is 26.3. The van der Waals surface area contributed by atoms with Crippen molar-refractivity contribution in [2.24, 2.45) is 5.92 Å². The number of nitrogens with zero attached hydrogens (tertiary/aromatic N) is 1. The normalized spacial score (nSPS) is 14.6. The molecule has 0 aromatic carbocycles.